The fourth-order valence-electron chi connectivity index (χ4n) is 5.38. The summed E-state index contributed by atoms with van der Waals surface area (Å²) in [6.45, 7) is 2.21. The van der Waals surface area contributed by atoms with Crippen LogP contribution in [-0.4, -0.2) is 28.8 Å². The molecule has 0 aliphatic carbocycles. The second-order valence-corrected chi connectivity index (χ2v) is 9.59. The van der Waals surface area contributed by atoms with Gasteiger partial charge in [-0.1, -0.05) is 66.7 Å². The summed E-state index contributed by atoms with van der Waals surface area (Å²) in [5.41, 5.74) is 5.73. The third-order valence-corrected chi connectivity index (χ3v) is 7.17. The molecule has 6 rings (SSSR count). The monoisotopic (exact) mass is 502 g/mol. The molecule has 2 heterocycles. The van der Waals surface area contributed by atoms with Gasteiger partial charge in [0, 0.05) is 52.0 Å². The van der Waals surface area contributed by atoms with E-state index >= 15 is 0 Å². The molecule has 0 aliphatic heterocycles. The quantitative estimate of drug-likeness (QED) is 0.158. The zero-order valence-electron chi connectivity index (χ0n) is 21.5. The lowest BCUT2D eigenvalue weighted by molar-refractivity contribution is -0.139. The van der Waals surface area contributed by atoms with Crippen LogP contribution in [0.2, 0.25) is 0 Å². The third kappa shape index (κ3) is 4.63. The van der Waals surface area contributed by atoms with Gasteiger partial charge < -0.3 is 18.6 Å². The molecule has 190 valence electrons. The second-order valence-electron chi connectivity index (χ2n) is 9.59. The second kappa shape index (κ2) is 10.5. The van der Waals surface area contributed by atoms with E-state index in [4.69, 9.17) is 9.47 Å². The number of methoxy groups -OCH3 is 1. The number of carbonyl (C=O) groups excluding carboxylic acids is 1. The van der Waals surface area contributed by atoms with Gasteiger partial charge in [0.25, 0.3) is 0 Å². The van der Waals surface area contributed by atoms with Crippen molar-refractivity contribution >= 4 is 38.7 Å². The summed E-state index contributed by atoms with van der Waals surface area (Å²) in [5.74, 6) is 0.560. The van der Waals surface area contributed by atoms with Gasteiger partial charge in [-0.15, -0.1) is 0 Å². The van der Waals surface area contributed by atoms with Crippen LogP contribution in [-0.2, 0) is 29.0 Å². The van der Waals surface area contributed by atoms with Gasteiger partial charge in [0.2, 0.25) is 0 Å². The van der Waals surface area contributed by atoms with E-state index in [-0.39, 0.29) is 12.4 Å². The molecule has 0 unspecified atom stereocenters. The molecular weight excluding hydrogens is 472 g/mol. The SMILES string of the molecule is COC(=O)Cc1cn(Cc2ccccc2)c2ccc(OCCCn3c4ccccc4c4ccccc43)cc12. The van der Waals surface area contributed by atoms with Crippen molar-refractivity contribution in [3.63, 3.8) is 0 Å². The Kier molecular flexibility index (Phi) is 6.57. The first-order valence-corrected chi connectivity index (χ1v) is 13.0. The number of hydrogen-bond donors (Lipinski definition) is 0. The van der Waals surface area contributed by atoms with E-state index in [9.17, 15) is 4.79 Å². The number of esters is 1. The molecule has 2 aromatic heterocycles. The van der Waals surface area contributed by atoms with E-state index in [1.165, 1.54) is 34.5 Å². The molecule has 5 nitrogen and oxygen atoms in total. The van der Waals surface area contributed by atoms with Crippen molar-refractivity contribution in [2.24, 2.45) is 0 Å². The van der Waals surface area contributed by atoms with Crippen LogP contribution in [0.1, 0.15) is 17.5 Å². The molecule has 0 radical (unpaired) electrons. The Labute approximate surface area is 221 Å². The number of rotatable bonds is 9. The number of aryl methyl sites for hydroxylation is 1. The van der Waals surface area contributed by atoms with E-state index in [0.717, 1.165) is 41.7 Å². The highest BCUT2D eigenvalue weighted by Crippen LogP contribution is 2.30. The topological polar surface area (TPSA) is 45.4 Å². The highest BCUT2D eigenvalue weighted by atomic mass is 16.5. The smallest absolute Gasteiger partial charge is 0.310 e. The summed E-state index contributed by atoms with van der Waals surface area (Å²) in [6, 6.07) is 33.6. The van der Waals surface area contributed by atoms with E-state index in [1.54, 1.807) is 0 Å². The lowest BCUT2D eigenvalue weighted by Crippen LogP contribution is -2.05. The number of nitrogens with zero attached hydrogens (tertiary/aromatic N) is 2. The number of aromatic nitrogens is 2. The fourth-order valence-corrected chi connectivity index (χ4v) is 5.38. The Morgan fingerprint density at radius 2 is 1.45 bits per heavy atom. The van der Waals surface area contributed by atoms with Crippen LogP contribution in [0.4, 0.5) is 0 Å². The number of carbonyl (C=O) groups is 1. The number of benzene rings is 4. The van der Waals surface area contributed by atoms with Crippen molar-refractivity contribution in [2.45, 2.75) is 25.9 Å². The van der Waals surface area contributed by atoms with E-state index in [0.29, 0.717) is 6.61 Å². The van der Waals surface area contributed by atoms with Crippen molar-refractivity contribution in [1.82, 2.24) is 9.13 Å². The minimum Gasteiger partial charge on any atom is -0.494 e. The van der Waals surface area contributed by atoms with Gasteiger partial charge >= 0.3 is 5.97 Å². The summed E-state index contributed by atoms with van der Waals surface area (Å²) in [4.78, 5) is 12.1. The molecular formula is C33H30N2O3. The normalized spacial score (nSPS) is 11.4. The van der Waals surface area contributed by atoms with Gasteiger partial charge in [0.05, 0.1) is 20.1 Å². The minimum atomic E-state index is -0.249. The van der Waals surface area contributed by atoms with Crippen LogP contribution in [0.5, 0.6) is 5.75 Å². The van der Waals surface area contributed by atoms with Crippen LogP contribution in [0.25, 0.3) is 32.7 Å². The summed E-state index contributed by atoms with van der Waals surface area (Å²) in [5, 5.41) is 3.59. The third-order valence-electron chi connectivity index (χ3n) is 7.17. The highest BCUT2D eigenvalue weighted by molar-refractivity contribution is 6.07. The molecule has 0 atom stereocenters. The van der Waals surface area contributed by atoms with Crippen LogP contribution < -0.4 is 4.74 Å². The van der Waals surface area contributed by atoms with Gasteiger partial charge in [-0.3, -0.25) is 4.79 Å². The number of hydrogen-bond acceptors (Lipinski definition) is 3. The lowest BCUT2D eigenvalue weighted by atomic mass is 10.1. The Bertz CT molecular complexity index is 1680. The van der Waals surface area contributed by atoms with E-state index in [1.807, 2.05) is 24.3 Å². The Balaban J connectivity index is 1.21. The largest absolute Gasteiger partial charge is 0.494 e. The highest BCUT2D eigenvalue weighted by Gasteiger charge is 2.14. The average Bonchev–Trinajstić information content (AvgIpc) is 3.46. The first kappa shape index (κ1) is 23.9. The molecule has 0 N–H and O–H groups in total. The molecule has 0 fully saturated rings. The Morgan fingerprint density at radius 1 is 0.763 bits per heavy atom. The average molecular weight is 503 g/mol. The predicted octanol–water partition coefficient (Wildman–Crippen LogP) is 6.98. The van der Waals surface area contributed by atoms with Crippen LogP contribution in [0.3, 0.4) is 0 Å². The summed E-state index contributed by atoms with van der Waals surface area (Å²) < 4.78 is 15.7. The van der Waals surface area contributed by atoms with Crippen molar-refractivity contribution in [3.8, 4) is 5.75 Å². The van der Waals surface area contributed by atoms with Gasteiger partial charge in [-0.2, -0.15) is 0 Å². The standard InChI is InChI=1S/C33H30N2O3/c1-37-33(36)20-25-23-34(22-24-10-3-2-4-11-24)30-17-16-26(21-29(25)30)38-19-9-18-35-31-14-7-5-12-27(31)28-13-6-8-15-32(28)35/h2-8,10-17,21,23H,9,18-20,22H2,1H3. The van der Waals surface area contributed by atoms with Crippen LogP contribution >= 0.6 is 0 Å². The molecule has 0 saturated carbocycles. The number of fused-ring (bicyclic) bond motifs is 4. The molecule has 38 heavy (non-hydrogen) atoms. The van der Waals surface area contributed by atoms with E-state index < -0.39 is 0 Å². The van der Waals surface area contributed by atoms with Gasteiger partial charge in [0.15, 0.2) is 0 Å². The molecule has 0 amide bonds. The van der Waals surface area contributed by atoms with Crippen molar-refractivity contribution in [1.29, 1.82) is 0 Å². The molecule has 5 heteroatoms. The fraction of sp³-hybridized carbons (Fsp3) is 0.182. The summed E-state index contributed by atoms with van der Waals surface area (Å²) in [6.07, 6.45) is 3.16. The number of para-hydroxylation sites is 2. The van der Waals surface area contributed by atoms with Crippen LogP contribution in [0.15, 0.2) is 103 Å². The summed E-state index contributed by atoms with van der Waals surface area (Å²) in [7, 11) is 1.43. The predicted molar refractivity (Wildman–Crippen MR) is 153 cm³/mol. The van der Waals surface area contributed by atoms with Gasteiger partial charge in [0.1, 0.15) is 5.75 Å². The van der Waals surface area contributed by atoms with Gasteiger partial charge in [-0.05, 0) is 47.9 Å². The maximum absolute atomic E-state index is 12.1. The first-order valence-electron chi connectivity index (χ1n) is 13.0. The van der Waals surface area contributed by atoms with Crippen molar-refractivity contribution < 1.29 is 14.3 Å². The summed E-state index contributed by atoms with van der Waals surface area (Å²) >= 11 is 0. The van der Waals surface area contributed by atoms with Crippen LogP contribution in [0, 0.1) is 0 Å². The van der Waals surface area contributed by atoms with Crippen molar-refractivity contribution in [2.75, 3.05) is 13.7 Å². The van der Waals surface area contributed by atoms with Gasteiger partial charge in [-0.25, -0.2) is 0 Å². The Hall–Kier alpha value is -4.51. The van der Waals surface area contributed by atoms with E-state index in [2.05, 4.69) is 88.1 Å². The minimum absolute atomic E-state index is 0.228. The maximum Gasteiger partial charge on any atom is 0.310 e. The molecule has 0 bridgehead atoms. The van der Waals surface area contributed by atoms with Crippen molar-refractivity contribution in [3.05, 3.63) is 114 Å². The Morgan fingerprint density at radius 3 is 2.16 bits per heavy atom. The lowest BCUT2D eigenvalue weighted by Gasteiger charge is -2.10. The molecule has 0 saturated heterocycles. The molecule has 0 aliphatic rings. The molecule has 6 aromatic rings. The zero-order chi connectivity index (χ0) is 25.9. The first-order chi connectivity index (χ1) is 18.7. The molecule has 4 aromatic carbocycles. The number of ether oxygens (including phenoxy) is 2. The maximum atomic E-state index is 12.1. The zero-order valence-corrected chi connectivity index (χ0v) is 21.5. The molecule has 0 spiro atoms.